The Kier molecular flexibility index (Phi) is 9.65. The minimum absolute atomic E-state index is 0.0274. The van der Waals surface area contributed by atoms with Gasteiger partial charge >= 0.3 is 0 Å². The van der Waals surface area contributed by atoms with Crippen LogP contribution in [0.15, 0.2) is 36.4 Å². The SMILES string of the molecule is Cc1cc(Cl)ccc1N(CC(=O)N(Cc1ccc(Cl)c(Cl)c1)C(C)C(=O)NC(C)C)S(C)(=O)=O. The summed E-state index contributed by atoms with van der Waals surface area (Å²) >= 11 is 18.1. The van der Waals surface area contributed by atoms with Gasteiger partial charge in [0.1, 0.15) is 12.6 Å². The molecule has 0 fully saturated rings. The number of anilines is 1. The third-order valence-electron chi connectivity index (χ3n) is 5.04. The van der Waals surface area contributed by atoms with Crippen molar-refractivity contribution in [3.05, 3.63) is 62.6 Å². The van der Waals surface area contributed by atoms with Crippen molar-refractivity contribution in [3.8, 4) is 0 Å². The van der Waals surface area contributed by atoms with Crippen LogP contribution < -0.4 is 9.62 Å². The predicted molar refractivity (Wildman–Crippen MR) is 138 cm³/mol. The van der Waals surface area contributed by atoms with Crippen LogP contribution in [0.5, 0.6) is 0 Å². The van der Waals surface area contributed by atoms with Crippen LogP contribution in [0, 0.1) is 6.92 Å². The van der Waals surface area contributed by atoms with Gasteiger partial charge in [0.05, 0.1) is 22.0 Å². The van der Waals surface area contributed by atoms with Gasteiger partial charge in [-0.05, 0) is 69.2 Å². The lowest BCUT2D eigenvalue weighted by molar-refractivity contribution is -0.139. The zero-order valence-corrected chi connectivity index (χ0v) is 22.7. The fourth-order valence-electron chi connectivity index (χ4n) is 3.32. The molecule has 7 nitrogen and oxygen atoms in total. The summed E-state index contributed by atoms with van der Waals surface area (Å²) in [7, 11) is -3.83. The second-order valence-electron chi connectivity index (χ2n) is 8.31. The smallest absolute Gasteiger partial charge is 0.244 e. The van der Waals surface area contributed by atoms with Crippen molar-refractivity contribution in [3.63, 3.8) is 0 Å². The summed E-state index contributed by atoms with van der Waals surface area (Å²) < 4.78 is 26.3. The molecule has 2 aromatic carbocycles. The van der Waals surface area contributed by atoms with Gasteiger partial charge in [0, 0.05) is 17.6 Å². The van der Waals surface area contributed by atoms with E-state index in [0.29, 0.717) is 31.9 Å². The molecule has 1 unspecified atom stereocenters. The van der Waals surface area contributed by atoms with Crippen LogP contribution in [0.4, 0.5) is 5.69 Å². The van der Waals surface area contributed by atoms with Gasteiger partial charge in [-0.2, -0.15) is 0 Å². The van der Waals surface area contributed by atoms with E-state index in [1.807, 2.05) is 13.8 Å². The number of rotatable bonds is 9. The summed E-state index contributed by atoms with van der Waals surface area (Å²) in [6.07, 6.45) is 1.02. The van der Waals surface area contributed by atoms with E-state index >= 15 is 0 Å². The van der Waals surface area contributed by atoms with Crippen LogP contribution in [0.25, 0.3) is 0 Å². The number of sulfonamides is 1. The minimum atomic E-state index is -3.83. The van der Waals surface area contributed by atoms with Crippen molar-refractivity contribution in [2.24, 2.45) is 0 Å². The zero-order chi connectivity index (χ0) is 25.8. The molecule has 0 saturated heterocycles. The monoisotopic (exact) mass is 547 g/mol. The number of carbonyl (C=O) groups is 2. The molecule has 11 heteroatoms. The predicted octanol–water partition coefficient (Wildman–Crippen LogP) is 4.66. The molecule has 0 aromatic heterocycles. The van der Waals surface area contributed by atoms with Crippen molar-refractivity contribution in [2.45, 2.75) is 46.3 Å². The number of nitrogens with zero attached hydrogens (tertiary/aromatic N) is 2. The zero-order valence-electron chi connectivity index (χ0n) is 19.6. The Labute approximate surface area is 216 Å². The van der Waals surface area contributed by atoms with E-state index < -0.39 is 28.5 Å². The van der Waals surface area contributed by atoms with Gasteiger partial charge in [0.2, 0.25) is 21.8 Å². The van der Waals surface area contributed by atoms with E-state index in [4.69, 9.17) is 34.8 Å². The van der Waals surface area contributed by atoms with Crippen molar-refractivity contribution >= 4 is 62.3 Å². The molecule has 0 aliphatic rings. The van der Waals surface area contributed by atoms with Crippen LogP contribution in [0.1, 0.15) is 31.9 Å². The average Bonchev–Trinajstić information content (AvgIpc) is 2.71. The van der Waals surface area contributed by atoms with Crippen molar-refractivity contribution in [2.75, 3.05) is 17.1 Å². The first-order valence-electron chi connectivity index (χ1n) is 10.5. The highest BCUT2D eigenvalue weighted by molar-refractivity contribution is 7.92. The number of nitrogens with one attached hydrogen (secondary N) is 1. The number of aryl methyl sites for hydroxylation is 1. The summed E-state index contributed by atoms with van der Waals surface area (Å²) in [5.41, 5.74) is 1.56. The Bertz CT molecular complexity index is 1170. The van der Waals surface area contributed by atoms with Gasteiger partial charge < -0.3 is 10.2 Å². The molecule has 0 saturated carbocycles. The number of benzene rings is 2. The average molecular weight is 549 g/mol. The van der Waals surface area contributed by atoms with Crippen LogP contribution in [-0.2, 0) is 26.2 Å². The van der Waals surface area contributed by atoms with Gasteiger partial charge in [0.25, 0.3) is 0 Å². The quantitative estimate of drug-likeness (QED) is 0.494. The summed E-state index contributed by atoms with van der Waals surface area (Å²) in [5.74, 6) is -0.922. The number of hydrogen-bond donors (Lipinski definition) is 1. The first-order chi connectivity index (χ1) is 15.7. The Morgan fingerprint density at radius 3 is 2.18 bits per heavy atom. The van der Waals surface area contributed by atoms with Crippen LogP contribution in [0.3, 0.4) is 0 Å². The molecule has 0 heterocycles. The molecule has 2 rings (SSSR count). The molecule has 186 valence electrons. The maximum Gasteiger partial charge on any atom is 0.244 e. The van der Waals surface area contributed by atoms with E-state index in [9.17, 15) is 18.0 Å². The Hall–Kier alpha value is -2.00. The molecule has 0 aliphatic heterocycles. The number of hydrogen-bond acceptors (Lipinski definition) is 4. The minimum Gasteiger partial charge on any atom is -0.352 e. The fraction of sp³-hybridized carbons (Fsp3) is 0.391. The number of carbonyl (C=O) groups excluding carboxylic acids is 2. The molecular weight excluding hydrogens is 521 g/mol. The highest BCUT2D eigenvalue weighted by Gasteiger charge is 2.30. The van der Waals surface area contributed by atoms with E-state index in [0.717, 1.165) is 10.6 Å². The normalized spacial score (nSPS) is 12.4. The fourth-order valence-corrected chi connectivity index (χ4v) is 4.77. The van der Waals surface area contributed by atoms with Gasteiger partial charge in [0.15, 0.2) is 0 Å². The maximum atomic E-state index is 13.5. The molecule has 0 radical (unpaired) electrons. The van der Waals surface area contributed by atoms with Crippen molar-refractivity contribution < 1.29 is 18.0 Å². The molecule has 34 heavy (non-hydrogen) atoms. The first kappa shape index (κ1) is 28.2. The van der Waals surface area contributed by atoms with Crippen LogP contribution in [-0.4, -0.2) is 50.0 Å². The third kappa shape index (κ3) is 7.50. The summed E-state index contributed by atoms with van der Waals surface area (Å²) in [6.45, 7) is 6.44. The molecule has 0 bridgehead atoms. The van der Waals surface area contributed by atoms with E-state index in [1.54, 1.807) is 50.2 Å². The Morgan fingerprint density at radius 2 is 1.65 bits per heavy atom. The third-order valence-corrected chi connectivity index (χ3v) is 7.14. The highest BCUT2D eigenvalue weighted by atomic mass is 35.5. The lowest BCUT2D eigenvalue weighted by Crippen LogP contribution is -2.52. The second kappa shape index (κ2) is 11.6. The number of amides is 2. The van der Waals surface area contributed by atoms with Gasteiger partial charge in [-0.25, -0.2) is 8.42 Å². The maximum absolute atomic E-state index is 13.5. The van der Waals surface area contributed by atoms with E-state index in [1.165, 1.54) is 4.90 Å². The second-order valence-corrected chi connectivity index (χ2v) is 11.5. The largest absolute Gasteiger partial charge is 0.352 e. The molecular formula is C23H28Cl3N3O4S. The highest BCUT2D eigenvalue weighted by Crippen LogP contribution is 2.27. The summed E-state index contributed by atoms with van der Waals surface area (Å²) in [6, 6.07) is 8.60. The van der Waals surface area contributed by atoms with Crippen LogP contribution in [0.2, 0.25) is 15.1 Å². The van der Waals surface area contributed by atoms with Gasteiger partial charge in [-0.15, -0.1) is 0 Å². The van der Waals surface area contributed by atoms with E-state index in [-0.39, 0.29) is 18.5 Å². The lowest BCUT2D eigenvalue weighted by atomic mass is 10.1. The standard InChI is InChI=1S/C23H28Cl3N3O4S/c1-14(2)27-23(31)16(4)28(12-17-6-8-19(25)20(26)11-17)22(30)13-29(34(5,32)33)21-9-7-18(24)10-15(21)3/h6-11,14,16H,12-13H2,1-5H3,(H,27,31). The molecule has 1 N–H and O–H groups in total. The topological polar surface area (TPSA) is 86.8 Å². The summed E-state index contributed by atoms with van der Waals surface area (Å²) in [4.78, 5) is 27.6. The lowest BCUT2D eigenvalue weighted by Gasteiger charge is -2.32. The van der Waals surface area contributed by atoms with Gasteiger partial charge in [-0.1, -0.05) is 40.9 Å². The number of halogens is 3. The molecule has 0 spiro atoms. The molecule has 2 aromatic rings. The van der Waals surface area contributed by atoms with Gasteiger partial charge in [-0.3, -0.25) is 13.9 Å². The first-order valence-corrected chi connectivity index (χ1v) is 13.5. The molecule has 0 aliphatic carbocycles. The van der Waals surface area contributed by atoms with Crippen molar-refractivity contribution in [1.29, 1.82) is 0 Å². The Balaban J connectivity index is 2.44. The Morgan fingerprint density at radius 1 is 1.00 bits per heavy atom. The van der Waals surface area contributed by atoms with Crippen molar-refractivity contribution in [1.82, 2.24) is 10.2 Å². The molecule has 1 atom stereocenters. The molecule has 2 amide bonds. The van der Waals surface area contributed by atoms with Crippen LogP contribution >= 0.6 is 34.8 Å². The van der Waals surface area contributed by atoms with E-state index in [2.05, 4.69) is 5.32 Å². The summed E-state index contributed by atoms with van der Waals surface area (Å²) in [5, 5.41) is 3.90.